The van der Waals surface area contributed by atoms with Crippen LogP contribution in [0.15, 0.2) is 36.4 Å². The van der Waals surface area contributed by atoms with Crippen LogP contribution in [-0.2, 0) is 6.54 Å². The van der Waals surface area contributed by atoms with E-state index in [-0.39, 0.29) is 18.1 Å². The van der Waals surface area contributed by atoms with Gasteiger partial charge in [-0.2, -0.15) is 0 Å². The number of anilines is 1. The molecule has 7 heteroatoms. The van der Waals surface area contributed by atoms with Gasteiger partial charge in [-0.05, 0) is 37.1 Å². The zero-order valence-electron chi connectivity index (χ0n) is 14.9. The number of fused-ring (bicyclic) bond motifs is 1. The van der Waals surface area contributed by atoms with Crippen LogP contribution in [-0.4, -0.2) is 23.8 Å². The monoisotopic (exact) mass is 390 g/mol. The Bertz CT molecular complexity index is 863. The summed E-state index contributed by atoms with van der Waals surface area (Å²) in [6.07, 6.45) is 3.91. The van der Waals surface area contributed by atoms with Crippen LogP contribution in [0.5, 0.6) is 11.5 Å². The van der Waals surface area contributed by atoms with Gasteiger partial charge in [-0.3, -0.25) is 0 Å². The van der Waals surface area contributed by atoms with Gasteiger partial charge in [-0.25, -0.2) is 9.18 Å². The number of ether oxygens (including phenoxy) is 2. The van der Waals surface area contributed by atoms with Crippen molar-refractivity contribution < 1.29 is 18.7 Å². The molecule has 1 N–H and O–H groups in total. The molecule has 0 bridgehead atoms. The molecule has 1 fully saturated rings. The predicted molar refractivity (Wildman–Crippen MR) is 101 cm³/mol. The molecule has 1 spiro atoms. The summed E-state index contributed by atoms with van der Waals surface area (Å²) in [7, 11) is 1.58. The van der Waals surface area contributed by atoms with E-state index in [1.54, 1.807) is 31.3 Å². The lowest BCUT2D eigenvalue weighted by Crippen LogP contribution is -2.34. The van der Waals surface area contributed by atoms with Gasteiger partial charge in [0.1, 0.15) is 5.82 Å². The molecule has 2 amide bonds. The first-order valence-corrected chi connectivity index (χ1v) is 9.31. The molecular formula is C20H20ClFN2O3. The molecule has 2 aliphatic rings. The summed E-state index contributed by atoms with van der Waals surface area (Å²) < 4.78 is 25.9. The molecular weight excluding hydrogens is 371 g/mol. The van der Waals surface area contributed by atoms with Gasteiger partial charge in [0.25, 0.3) is 5.79 Å². The number of hydrogen-bond donors (Lipinski definition) is 1. The second-order valence-electron chi connectivity index (χ2n) is 6.97. The highest BCUT2D eigenvalue weighted by molar-refractivity contribution is 6.31. The molecule has 27 heavy (non-hydrogen) atoms. The van der Waals surface area contributed by atoms with Crippen LogP contribution < -0.4 is 14.8 Å². The van der Waals surface area contributed by atoms with Gasteiger partial charge >= 0.3 is 6.03 Å². The van der Waals surface area contributed by atoms with Crippen molar-refractivity contribution in [1.29, 1.82) is 0 Å². The Hall–Kier alpha value is -2.47. The first kappa shape index (κ1) is 17.9. The van der Waals surface area contributed by atoms with Gasteiger partial charge in [0.05, 0.1) is 6.54 Å². The number of rotatable bonds is 3. The van der Waals surface area contributed by atoms with E-state index < -0.39 is 11.6 Å². The molecule has 0 saturated heterocycles. The second-order valence-corrected chi connectivity index (χ2v) is 7.38. The average Bonchev–Trinajstić information content (AvgIpc) is 3.23. The molecule has 1 aliphatic carbocycles. The minimum atomic E-state index is -0.538. The molecule has 0 unspecified atom stereocenters. The summed E-state index contributed by atoms with van der Waals surface area (Å²) in [5.74, 6) is 0.353. The zero-order valence-corrected chi connectivity index (χ0v) is 15.7. The number of amides is 2. The van der Waals surface area contributed by atoms with E-state index in [0.717, 1.165) is 25.7 Å². The lowest BCUT2D eigenvalue weighted by molar-refractivity contribution is -0.0716. The second kappa shape index (κ2) is 6.93. The fourth-order valence-corrected chi connectivity index (χ4v) is 3.72. The summed E-state index contributed by atoms with van der Waals surface area (Å²) in [4.78, 5) is 13.8. The van der Waals surface area contributed by atoms with Crippen molar-refractivity contribution in [3.8, 4) is 11.5 Å². The van der Waals surface area contributed by atoms with Crippen LogP contribution in [0, 0.1) is 5.82 Å². The minimum Gasteiger partial charge on any atom is -0.448 e. The van der Waals surface area contributed by atoms with E-state index in [1.807, 2.05) is 0 Å². The van der Waals surface area contributed by atoms with E-state index in [0.29, 0.717) is 22.2 Å². The third-order valence-corrected chi connectivity index (χ3v) is 5.31. The fraction of sp³-hybridized carbons (Fsp3) is 0.350. The lowest BCUT2D eigenvalue weighted by atomic mass is 10.2. The third kappa shape index (κ3) is 3.54. The number of halogens is 2. The first-order valence-electron chi connectivity index (χ1n) is 8.93. The van der Waals surface area contributed by atoms with Crippen LogP contribution in [0.2, 0.25) is 5.02 Å². The van der Waals surface area contributed by atoms with Gasteiger partial charge in [0, 0.05) is 42.2 Å². The topological polar surface area (TPSA) is 50.8 Å². The highest BCUT2D eigenvalue weighted by Gasteiger charge is 2.44. The van der Waals surface area contributed by atoms with Crippen LogP contribution >= 0.6 is 11.6 Å². The maximum absolute atomic E-state index is 13.9. The predicted octanol–water partition coefficient (Wildman–Crippen LogP) is 5.18. The average molecular weight is 391 g/mol. The number of nitrogens with one attached hydrogen (secondary N) is 1. The molecule has 0 atom stereocenters. The number of carbonyl (C=O) groups is 1. The first-order chi connectivity index (χ1) is 13.0. The maximum Gasteiger partial charge on any atom is 0.321 e. The van der Waals surface area contributed by atoms with Crippen molar-refractivity contribution in [1.82, 2.24) is 4.90 Å². The van der Waals surface area contributed by atoms with Crippen LogP contribution in [0.4, 0.5) is 14.9 Å². The molecule has 1 saturated carbocycles. The fourth-order valence-electron chi connectivity index (χ4n) is 3.50. The van der Waals surface area contributed by atoms with Crippen molar-refractivity contribution in [3.05, 3.63) is 52.8 Å². The summed E-state index contributed by atoms with van der Waals surface area (Å²) in [5, 5.41) is 3.09. The Morgan fingerprint density at radius 2 is 1.96 bits per heavy atom. The Balaban J connectivity index is 1.43. The quantitative estimate of drug-likeness (QED) is 0.785. The number of carbonyl (C=O) groups excluding carboxylic acids is 1. The normalized spacial score (nSPS) is 16.6. The molecule has 1 aliphatic heterocycles. The van der Waals surface area contributed by atoms with E-state index in [2.05, 4.69) is 5.32 Å². The van der Waals surface area contributed by atoms with E-state index in [9.17, 15) is 9.18 Å². The van der Waals surface area contributed by atoms with Gasteiger partial charge in [0.2, 0.25) is 0 Å². The number of urea groups is 1. The highest BCUT2D eigenvalue weighted by atomic mass is 35.5. The summed E-state index contributed by atoms with van der Waals surface area (Å²) in [6, 6.07) is 9.40. The van der Waals surface area contributed by atoms with E-state index in [1.165, 1.54) is 17.0 Å². The van der Waals surface area contributed by atoms with Crippen LogP contribution in [0.25, 0.3) is 0 Å². The van der Waals surface area contributed by atoms with Crippen molar-refractivity contribution in [2.75, 3.05) is 12.4 Å². The molecule has 4 rings (SSSR count). The SMILES string of the molecule is CN(Cc1c(F)cccc1Cl)C(=O)Nc1ccc2c(c1)OC1(CCCC1)O2. The van der Waals surface area contributed by atoms with Gasteiger partial charge < -0.3 is 19.7 Å². The largest absolute Gasteiger partial charge is 0.448 e. The van der Waals surface area contributed by atoms with Crippen molar-refractivity contribution >= 4 is 23.3 Å². The lowest BCUT2D eigenvalue weighted by Gasteiger charge is -2.21. The maximum atomic E-state index is 13.9. The molecule has 5 nitrogen and oxygen atoms in total. The molecule has 1 heterocycles. The molecule has 2 aromatic carbocycles. The Labute approximate surface area is 162 Å². The van der Waals surface area contributed by atoms with Gasteiger partial charge in [0.15, 0.2) is 11.5 Å². The minimum absolute atomic E-state index is 0.0605. The number of nitrogens with zero attached hydrogens (tertiary/aromatic N) is 1. The van der Waals surface area contributed by atoms with Crippen molar-refractivity contribution in [2.24, 2.45) is 0 Å². The highest BCUT2D eigenvalue weighted by Crippen LogP contribution is 2.47. The van der Waals surface area contributed by atoms with Crippen LogP contribution in [0.3, 0.4) is 0 Å². The van der Waals surface area contributed by atoms with Crippen molar-refractivity contribution in [3.63, 3.8) is 0 Å². The van der Waals surface area contributed by atoms with Crippen LogP contribution in [0.1, 0.15) is 31.2 Å². The zero-order chi connectivity index (χ0) is 19.0. The Morgan fingerprint density at radius 3 is 2.70 bits per heavy atom. The third-order valence-electron chi connectivity index (χ3n) is 4.96. The Kier molecular flexibility index (Phi) is 4.60. The standard InChI is InChI=1S/C20H20ClFN2O3/c1-24(12-14-15(21)5-4-6-16(14)22)19(25)23-13-7-8-17-18(11-13)27-20(26-17)9-2-3-10-20/h4-8,11H,2-3,9-10,12H2,1H3,(H,23,25). The summed E-state index contributed by atoms with van der Waals surface area (Å²) in [6.45, 7) is 0.0605. The Morgan fingerprint density at radius 1 is 1.22 bits per heavy atom. The number of hydrogen-bond acceptors (Lipinski definition) is 3. The molecule has 0 radical (unpaired) electrons. The van der Waals surface area contributed by atoms with Crippen molar-refractivity contribution in [2.45, 2.75) is 38.0 Å². The molecule has 142 valence electrons. The summed E-state index contributed by atoms with van der Waals surface area (Å²) in [5.41, 5.74) is 0.870. The van der Waals surface area contributed by atoms with Gasteiger partial charge in [-0.1, -0.05) is 17.7 Å². The van der Waals surface area contributed by atoms with E-state index >= 15 is 0 Å². The van der Waals surface area contributed by atoms with E-state index in [4.69, 9.17) is 21.1 Å². The van der Waals surface area contributed by atoms with Gasteiger partial charge in [-0.15, -0.1) is 0 Å². The molecule has 2 aromatic rings. The molecule has 0 aromatic heterocycles. The smallest absolute Gasteiger partial charge is 0.321 e. The number of benzene rings is 2. The summed E-state index contributed by atoms with van der Waals surface area (Å²) >= 11 is 6.03.